The van der Waals surface area contributed by atoms with Crippen LogP contribution in [0.25, 0.3) is 5.65 Å². The lowest BCUT2D eigenvalue weighted by Crippen LogP contribution is -2.35. The Morgan fingerprint density at radius 1 is 1.22 bits per heavy atom. The molecule has 1 aliphatic rings. The smallest absolute Gasteiger partial charge is 0.255 e. The topological polar surface area (TPSA) is 89.8 Å². The lowest BCUT2D eigenvalue weighted by atomic mass is 10.1. The Bertz CT molecular complexity index is 1060. The highest BCUT2D eigenvalue weighted by Gasteiger charge is 2.29. The number of imidazole rings is 1. The fourth-order valence-corrected chi connectivity index (χ4v) is 4.83. The Balaban J connectivity index is 1.46. The number of rotatable bonds is 5. The van der Waals surface area contributed by atoms with Crippen molar-refractivity contribution in [2.45, 2.75) is 19.1 Å². The summed E-state index contributed by atoms with van der Waals surface area (Å²) in [6.07, 6.45) is 4.22. The van der Waals surface area contributed by atoms with Crippen LogP contribution in [0, 0.1) is 0 Å². The predicted molar refractivity (Wildman–Crippen MR) is 100 cm³/mol. The highest BCUT2D eigenvalue weighted by atomic mass is 32.2. The van der Waals surface area contributed by atoms with Gasteiger partial charge in [-0.3, -0.25) is 4.79 Å². The van der Waals surface area contributed by atoms with Gasteiger partial charge in [0.1, 0.15) is 18.0 Å². The van der Waals surface area contributed by atoms with Gasteiger partial charge >= 0.3 is 0 Å². The SMILES string of the molecule is O=C(N[C@@H]1CCS(=O)(=O)C1)c1ccccc1OCc1cn2ccccc2n1. The Morgan fingerprint density at radius 2 is 2.04 bits per heavy atom. The van der Waals surface area contributed by atoms with E-state index < -0.39 is 9.84 Å². The third kappa shape index (κ3) is 3.95. The van der Waals surface area contributed by atoms with Crippen molar-refractivity contribution in [1.29, 1.82) is 0 Å². The van der Waals surface area contributed by atoms with Crippen molar-refractivity contribution in [3.05, 3.63) is 66.1 Å². The molecule has 140 valence electrons. The average Bonchev–Trinajstić information content (AvgIpc) is 3.22. The van der Waals surface area contributed by atoms with E-state index in [1.807, 2.05) is 35.0 Å². The van der Waals surface area contributed by atoms with Gasteiger partial charge in [0.25, 0.3) is 5.91 Å². The van der Waals surface area contributed by atoms with Crippen LogP contribution in [0.3, 0.4) is 0 Å². The van der Waals surface area contributed by atoms with Crippen molar-refractivity contribution in [3.8, 4) is 5.75 Å². The van der Waals surface area contributed by atoms with E-state index in [1.54, 1.807) is 24.3 Å². The van der Waals surface area contributed by atoms with Crippen LogP contribution in [-0.2, 0) is 16.4 Å². The molecule has 2 aromatic heterocycles. The summed E-state index contributed by atoms with van der Waals surface area (Å²) < 4.78 is 30.9. The summed E-state index contributed by atoms with van der Waals surface area (Å²) in [6, 6.07) is 12.3. The molecule has 1 aliphatic heterocycles. The molecule has 3 aromatic rings. The van der Waals surface area contributed by atoms with E-state index in [2.05, 4.69) is 10.3 Å². The first-order valence-corrected chi connectivity index (χ1v) is 10.5. The van der Waals surface area contributed by atoms with Gasteiger partial charge in [-0.1, -0.05) is 18.2 Å². The maximum Gasteiger partial charge on any atom is 0.255 e. The van der Waals surface area contributed by atoms with E-state index in [0.29, 0.717) is 17.7 Å². The molecule has 4 rings (SSSR count). The van der Waals surface area contributed by atoms with Crippen LogP contribution in [0.15, 0.2) is 54.9 Å². The summed E-state index contributed by atoms with van der Waals surface area (Å²) >= 11 is 0. The Kier molecular flexibility index (Phi) is 4.57. The van der Waals surface area contributed by atoms with Crippen LogP contribution in [0.1, 0.15) is 22.5 Å². The van der Waals surface area contributed by atoms with Gasteiger partial charge < -0.3 is 14.5 Å². The van der Waals surface area contributed by atoms with Crippen molar-refractivity contribution in [1.82, 2.24) is 14.7 Å². The quantitative estimate of drug-likeness (QED) is 0.724. The lowest BCUT2D eigenvalue weighted by molar-refractivity contribution is 0.0936. The number of fused-ring (bicyclic) bond motifs is 1. The largest absolute Gasteiger partial charge is 0.486 e. The molecule has 0 unspecified atom stereocenters. The van der Waals surface area contributed by atoms with Gasteiger partial charge in [-0.2, -0.15) is 0 Å². The fourth-order valence-electron chi connectivity index (χ4n) is 3.16. The summed E-state index contributed by atoms with van der Waals surface area (Å²) in [5, 5.41) is 2.79. The number of hydrogen-bond donors (Lipinski definition) is 1. The second kappa shape index (κ2) is 7.03. The molecule has 1 atom stereocenters. The maximum absolute atomic E-state index is 12.6. The second-order valence-electron chi connectivity index (χ2n) is 6.56. The normalized spacial score (nSPS) is 18.4. The number of pyridine rings is 1. The van der Waals surface area contributed by atoms with E-state index in [1.165, 1.54) is 0 Å². The van der Waals surface area contributed by atoms with Crippen LogP contribution in [0.5, 0.6) is 5.75 Å². The second-order valence-corrected chi connectivity index (χ2v) is 8.79. The molecule has 0 radical (unpaired) electrons. The number of nitrogens with one attached hydrogen (secondary N) is 1. The minimum absolute atomic E-state index is 0.0109. The van der Waals surface area contributed by atoms with Crippen LogP contribution >= 0.6 is 0 Å². The molecule has 1 N–H and O–H groups in total. The van der Waals surface area contributed by atoms with Crippen LogP contribution < -0.4 is 10.1 Å². The number of hydrogen-bond acceptors (Lipinski definition) is 5. The number of ether oxygens (including phenoxy) is 1. The number of benzene rings is 1. The van der Waals surface area contributed by atoms with Gasteiger partial charge in [-0.25, -0.2) is 13.4 Å². The third-order valence-electron chi connectivity index (χ3n) is 4.49. The predicted octanol–water partition coefficient (Wildman–Crippen LogP) is 1.83. The summed E-state index contributed by atoms with van der Waals surface area (Å²) in [6.45, 7) is 0.226. The summed E-state index contributed by atoms with van der Waals surface area (Å²) in [5.41, 5.74) is 1.95. The standard InChI is InChI=1S/C19H19N3O4S/c23-19(21-14-8-10-27(24,25)13-14)16-5-1-2-6-17(16)26-12-15-11-22-9-4-3-7-18(22)20-15/h1-7,9,11,14H,8,10,12-13H2,(H,21,23)/t14-/m1/s1. The molecular formula is C19H19N3O4S. The molecule has 8 heteroatoms. The van der Waals surface area contributed by atoms with E-state index in [-0.39, 0.29) is 30.1 Å². The van der Waals surface area contributed by atoms with E-state index in [4.69, 9.17) is 4.74 Å². The van der Waals surface area contributed by atoms with E-state index in [9.17, 15) is 13.2 Å². The first-order chi connectivity index (χ1) is 13.0. The number of sulfone groups is 1. The molecule has 27 heavy (non-hydrogen) atoms. The monoisotopic (exact) mass is 385 g/mol. The summed E-state index contributed by atoms with van der Waals surface area (Å²) in [7, 11) is -3.05. The summed E-state index contributed by atoms with van der Waals surface area (Å²) in [5.74, 6) is 0.211. The molecule has 7 nitrogen and oxygen atoms in total. The molecule has 0 saturated carbocycles. The van der Waals surface area contributed by atoms with Gasteiger partial charge in [0.15, 0.2) is 9.84 Å². The number of nitrogens with zero attached hydrogens (tertiary/aromatic N) is 2. The molecular weight excluding hydrogens is 366 g/mol. The first-order valence-electron chi connectivity index (χ1n) is 8.66. The highest BCUT2D eigenvalue weighted by molar-refractivity contribution is 7.91. The van der Waals surface area contributed by atoms with Crippen LogP contribution in [0.4, 0.5) is 0 Å². The number of para-hydroxylation sites is 1. The lowest BCUT2D eigenvalue weighted by Gasteiger charge is -2.14. The highest BCUT2D eigenvalue weighted by Crippen LogP contribution is 2.21. The molecule has 1 amide bonds. The van der Waals surface area contributed by atoms with Gasteiger partial charge in [-0.05, 0) is 30.7 Å². The van der Waals surface area contributed by atoms with Crippen molar-refractivity contribution < 1.29 is 17.9 Å². The number of aromatic nitrogens is 2. The Labute approximate surface area is 156 Å². The molecule has 0 spiro atoms. The molecule has 0 aliphatic carbocycles. The fraction of sp³-hybridized carbons (Fsp3) is 0.263. The van der Waals surface area contributed by atoms with Crippen LogP contribution in [0.2, 0.25) is 0 Å². The zero-order valence-electron chi connectivity index (χ0n) is 14.5. The van der Waals surface area contributed by atoms with Crippen molar-refractivity contribution >= 4 is 21.4 Å². The van der Waals surface area contributed by atoms with E-state index >= 15 is 0 Å². The zero-order valence-corrected chi connectivity index (χ0v) is 15.4. The Hall–Kier alpha value is -2.87. The van der Waals surface area contributed by atoms with Crippen molar-refractivity contribution in [2.24, 2.45) is 0 Å². The third-order valence-corrected chi connectivity index (χ3v) is 6.26. The van der Waals surface area contributed by atoms with Crippen LogP contribution in [-0.4, -0.2) is 41.3 Å². The molecule has 1 saturated heterocycles. The van der Waals surface area contributed by atoms with Gasteiger partial charge in [0, 0.05) is 18.4 Å². The number of carbonyl (C=O) groups is 1. The first kappa shape index (κ1) is 17.5. The number of carbonyl (C=O) groups excluding carboxylic acids is 1. The zero-order chi connectivity index (χ0) is 18.9. The van der Waals surface area contributed by atoms with Gasteiger partial charge in [0.05, 0.1) is 22.8 Å². The average molecular weight is 385 g/mol. The molecule has 0 bridgehead atoms. The van der Waals surface area contributed by atoms with Crippen molar-refractivity contribution in [2.75, 3.05) is 11.5 Å². The number of amides is 1. The molecule has 1 fully saturated rings. The Morgan fingerprint density at radius 3 is 2.81 bits per heavy atom. The summed E-state index contributed by atoms with van der Waals surface area (Å²) in [4.78, 5) is 17.1. The van der Waals surface area contributed by atoms with Crippen molar-refractivity contribution in [3.63, 3.8) is 0 Å². The minimum atomic E-state index is -3.05. The molecule has 1 aromatic carbocycles. The van der Waals surface area contributed by atoms with Gasteiger partial charge in [-0.15, -0.1) is 0 Å². The van der Waals surface area contributed by atoms with Gasteiger partial charge in [0.2, 0.25) is 0 Å². The minimum Gasteiger partial charge on any atom is -0.486 e. The molecule has 3 heterocycles. The van der Waals surface area contributed by atoms with E-state index in [0.717, 1.165) is 11.3 Å². The maximum atomic E-state index is 12.6.